The third-order valence-electron chi connectivity index (χ3n) is 3.66. The molecule has 2 rings (SSSR count). The number of aromatic nitrogens is 1. The van der Waals surface area contributed by atoms with Gasteiger partial charge in [0.1, 0.15) is 12.4 Å². The molecule has 0 atom stereocenters. The first-order chi connectivity index (χ1) is 11.1. The number of esters is 1. The molecule has 5 heteroatoms. The molecule has 0 bridgehead atoms. The number of hydrogen-bond donors (Lipinski definition) is 0. The summed E-state index contributed by atoms with van der Waals surface area (Å²) in [5.74, 6) is 0.388. The lowest BCUT2D eigenvalue weighted by Crippen LogP contribution is -2.09. The van der Waals surface area contributed by atoms with Crippen LogP contribution in [0.25, 0.3) is 10.9 Å². The van der Waals surface area contributed by atoms with Gasteiger partial charge in [0.05, 0.1) is 18.8 Å². The lowest BCUT2D eigenvalue weighted by molar-refractivity contribution is 0.0527. The summed E-state index contributed by atoms with van der Waals surface area (Å²) in [6, 6.07) is 5.73. The number of fused-ring (bicyclic) bond motifs is 1. The van der Waals surface area contributed by atoms with E-state index < -0.39 is 0 Å². The molecule has 23 heavy (non-hydrogen) atoms. The number of carbonyl (C=O) groups is 1. The summed E-state index contributed by atoms with van der Waals surface area (Å²) in [5.41, 5.74) is 2.42. The Balaban J connectivity index is 2.56. The normalized spacial score (nSPS) is 10.7. The van der Waals surface area contributed by atoms with Gasteiger partial charge in [0.15, 0.2) is 0 Å². The van der Waals surface area contributed by atoms with E-state index in [2.05, 4.69) is 11.1 Å². The van der Waals surface area contributed by atoms with Crippen molar-refractivity contribution in [2.75, 3.05) is 26.9 Å². The fraction of sp³-hybridized carbons (Fsp3) is 0.389. The van der Waals surface area contributed by atoms with Gasteiger partial charge < -0.3 is 18.8 Å². The van der Waals surface area contributed by atoms with Crippen molar-refractivity contribution in [2.45, 2.75) is 20.4 Å². The fourth-order valence-electron chi connectivity index (χ4n) is 2.64. The van der Waals surface area contributed by atoms with Crippen LogP contribution < -0.4 is 4.74 Å². The lowest BCUT2D eigenvalue weighted by Gasteiger charge is -2.08. The van der Waals surface area contributed by atoms with Crippen LogP contribution in [0.5, 0.6) is 5.75 Å². The van der Waals surface area contributed by atoms with Gasteiger partial charge in [0, 0.05) is 30.3 Å². The highest BCUT2D eigenvalue weighted by molar-refractivity contribution is 6.06. The van der Waals surface area contributed by atoms with Gasteiger partial charge in [0.25, 0.3) is 0 Å². The van der Waals surface area contributed by atoms with Crippen LogP contribution in [0.1, 0.15) is 23.0 Å². The molecule has 1 heterocycles. The van der Waals surface area contributed by atoms with E-state index in [0.29, 0.717) is 37.7 Å². The standard InChI is InChI=1S/C18H23NO4/c1-5-10-23-14-7-8-16-15(12-14)17(18(20)22-6-2)13(3)19(16)9-11-21-4/h5,7-8,12H,1,6,9-11H2,2-4H3. The van der Waals surface area contributed by atoms with Crippen molar-refractivity contribution in [3.8, 4) is 5.75 Å². The first-order valence-electron chi connectivity index (χ1n) is 7.66. The van der Waals surface area contributed by atoms with Crippen molar-refractivity contribution in [1.82, 2.24) is 4.57 Å². The predicted octanol–water partition coefficient (Wildman–Crippen LogP) is 3.34. The summed E-state index contributed by atoms with van der Waals surface area (Å²) in [7, 11) is 1.66. The van der Waals surface area contributed by atoms with Crippen molar-refractivity contribution < 1.29 is 19.0 Å². The van der Waals surface area contributed by atoms with Crippen LogP contribution in [0.3, 0.4) is 0 Å². The van der Waals surface area contributed by atoms with Crippen molar-refractivity contribution in [1.29, 1.82) is 0 Å². The van der Waals surface area contributed by atoms with Gasteiger partial charge in [-0.3, -0.25) is 0 Å². The monoisotopic (exact) mass is 317 g/mol. The average Bonchev–Trinajstić information content (AvgIpc) is 2.82. The van der Waals surface area contributed by atoms with Gasteiger partial charge in [-0.2, -0.15) is 0 Å². The van der Waals surface area contributed by atoms with Gasteiger partial charge in [-0.05, 0) is 32.0 Å². The summed E-state index contributed by atoms with van der Waals surface area (Å²) in [6.07, 6.45) is 1.69. The zero-order chi connectivity index (χ0) is 16.8. The Morgan fingerprint density at radius 2 is 2.17 bits per heavy atom. The molecule has 0 N–H and O–H groups in total. The number of ether oxygens (including phenoxy) is 3. The van der Waals surface area contributed by atoms with Crippen LogP contribution in [0.2, 0.25) is 0 Å². The summed E-state index contributed by atoms with van der Waals surface area (Å²) in [5, 5.41) is 0.832. The van der Waals surface area contributed by atoms with E-state index in [1.165, 1.54) is 0 Å². The SMILES string of the molecule is C=CCOc1ccc2c(c1)c(C(=O)OCC)c(C)n2CCOC. The molecule has 0 aliphatic carbocycles. The molecule has 0 unspecified atom stereocenters. The first kappa shape index (κ1) is 17.1. The second-order valence-electron chi connectivity index (χ2n) is 5.10. The third kappa shape index (κ3) is 3.56. The predicted molar refractivity (Wildman–Crippen MR) is 90.2 cm³/mol. The van der Waals surface area contributed by atoms with E-state index in [1.807, 2.05) is 25.1 Å². The highest BCUT2D eigenvalue weighted by Gasteiger charge is 2.21. The second kappa shape index (κ2) is 7.83. The van der Waals surface area contributed by atoms with E-state index in [0.717, 1.165) is 16.6 Å². The minimum atomic E-state index is -0.313. The maximum Gasteiger partial charge on any atom is 0.340 e. The Morgan fingerprint density at radius 3 is 2.83 bits per heavy atom. The summed E-state index contributed by atoms with van der Waals surface area (Å²) < 4.78 is 18.0. The maximum absolute atomic E-state index is 12.4. The molecule has 0 fully saturated rings. The molecule has 2 aromatic rings. The van der Waals surface area contributed by atoms with E-state index in [9.17, 15) is 4.79 Å². The highest BCUT2D eigenvalue weighted by atomic mass is 16.5. The van der Waals surface area contributed by atoms with Crippen LogP contribution in [0.4, 0.5) is 0 Å². The molecule has 0 amide bonds. The molecule has 0 saturated carbocycles. The van der Waals surface area contributed by atoms with Crippen molar-refractivity contribution in [2.24, 2.45) is 0 Å². The largest absolute Gasteiger partial charge is 0.490 e. The number of methoxy groups -OCH3 is 1. The van der Waals surface area contributed by atoms with Crippen LogP contribution in [0.15, 0.2) is 30.9 Å². The fourth-order valence-corrected chi connectivity index (χ4v) is 2.64. The Bertz CT molecular complexity index is 703. The van der Waals surface area contributed by atoms with Gasteiger partial charge in [-0.25, -0.2) is 4.79 Å². The van der Waals surface area contributed by atoms with Gasteiger partial charge >= 0.3 is 5.97 Å². The molecule has 5 nitrogen and oxygen atoms in total. The molecule has 0 aliphatic heterocycles. The molecule has 1 aromatic carbocycles. The third-order valence-corrected chi connectivity index (χ3v) is 3.66. The Hall–Kier alpha value is -2.27. The number of carbonyl (C=O) groups excluding carboxylic acids is 1. The van der Waals surface area contributed by atoms with E-state index in [-0.39, 0.29) is 5.97 Å². The Kier molecular flexibility index (Phi) is 5.82. The maximum atomic E-state index is 12.4. The van der Waals surface area contributed by atoms with E-state index in [1.54, 1.807) is 20.1 Å². The molecule has 0 spiro atoms. The summed E-state index contributed by atoms with van der Waals surface area (Å²) >= 11 is 0. The van der Waals surface area contributed by atoms with Crippen molar-refractivity contribution >= 4 is 16.9 Å². The molecule has 0 radical (unpaired) electrons. The zero-order valence-electron chi connectivity index (χ0n) is 13.9. The minimum Gasteiger partial charge on any atom is -0.490 e. The van der Waals surface area contributed by atoms with Crippen LogP contribution in [0, 0.1) is 6.92 Å². The van der Waals surface area contributed by atoms with E-state index >= 15 is 0 Å². The topological polar surface area (TPSA) is 49.7 Å². The molecule has 0 saturated heterocycles. The quantitative estimate of drug-likeness (QED) is 0.553. The first-order valence-corrected chi connectivity index (χ1v) is 7.66. The second-order valence-corrected chi connectivity index (χ2v) is 5.10. The molecular weight excluding hydrogens is 294 g/mol. The van der Waals surface area contributed by atoms with Crippen LogP contribution >= 0.6 is 0 Å². The number of hydrogen-bond acceptors (Lipinski definition) is 4. The molecule has 1 aromatic heterocycles. The highest BCUT2D eigenvalue weighted by Crippen LogP contribution is 2.30. The smallest absolute Gasteiger partial charge is 0.340 e. The van der Waals surface area contributed by atoms with Crippen LogP contribution in [-0.4, -0.2) is 37.5 Å². The van der Waals surface area contributed by atoms with Gasteiger partial charge in [-0.1, -0.05) is 12.7 Å². The Morgan fingerprint density at radius 1 is 1.39 bits per heavy atom. The Labute approximate surface area is 136 Å². The average molecular weight is 317 g/mol. The number of nitrogens with zero attached hydrogens (tertiary/aromatic N) is 1. The van der Waals surface area contributed by atoms with Crippen LogP contribution in [-0.2, 0) is 16.0 Å². The number of benzene rings is 1. The van der Waals surface area contributed by atoms with E-state index in [4.69, 9.17) is 14.2 Å². The molecular formula is C18H23NO4. The molecule has 0 aliphatic rings. The lowest BCUT2D eigenvalue weighted by atomic mass is 10.1. The van der Waals surface area contributed by atoms with Gasteiger partial charge in [-0.15, -0.1) is 0 Å². The zero-order valence-corrected chi connectivity index (χ0v) is 13.9. The number of rotatable bonds is 8. The minimum absolute atomic E-state index is 0.313. The van der Waals surface area contributed by atoms with Crippen molar-refractivity contribution in [3.63, 3.8) is 0 Å². The summed E-state index contributed by atoms with van der Waals surface area (Å²) in [6.45, 7) is 9.37. The van der Waals surface area contributed by atoms with Crippen molar-refractivity contribution in [3.05, 3.63) is 42.1 Å². The summed E-state index contributed by atoms with van der Waals surface area (Å²) in [4.78, 5) is 12.4. The molecule has 124 valence electrons. The van der Waals surface area contributed by atoms with Gasteiger partial charge in [0.2, 0.25) is 0 Å².